The van der Waals surface area contributed by atoms with Gasteiger partial charge in [0.15, 0.2) is 11.6 Å². The van der Waals surface area contributed by atoms with Crippen LogP contribution < -0.4 is 0 Å². The first-order valence-electron chi connectivity index (χ1n) is 4.27. The fraction of sp³-hybridized carbons (Fsp3) is 0.182. The first-order valence-corrected chi connectivity index (χ1v) is 4.27. The van der Waals surface area contributed by atoms with Gasteiger partial charge >= 0.3 is 5.97 Å². The monoisotopic (exact) mass is 212 g/mol. The number of hydrogen-bond donors (Lipinski definition) is 0. The largest absolute Gasteiger partial charge is 0.466 e. The van der Waals surface area contributed by atoms with E-state index in [1.165, 1.54) is 32.2 Å². The van der Waals surface area contributed by atoms with E-state index in [4.69, 9.17) is 0 Å². The zero-order valence-electron chi connectivity index (χ0n) is 8.38. The average molecular weight is 212 g/mol. The molecule has 0 heterocycles. The number of rotatable bonds is 2. The number of halogens is 2. The van der Waals surface area contributed by atoms with E-state index in [0.717, 1.165) is 6.08 Å². The van der Waals surface area contributed by atoms with Crippen LogP contribution >= 0.6 is 0 Å². The fourth-order valence-corrected chi connectivity index (χ4v) is 1.02. The van der Waals surface area contributed by atoms with Crippen molar-refractivity contribution in [1.29, 1.82) is 0 Å². The van der Waals surface area contributed by atoms with Gasteiger partial charge < -0.3 is 4.74 Å². The smallest absolute Gasteiger partial charge is 0.330 e. The topological polar surface area (TPSA) is 26.3 Å². The van der Waals surface area contributed by atoms with E-state index in [9.17, 15) is 13.6 Å². The van der Waals surface area contributed by atoms with Crippen LogP contribution in [-0.4, -0.2) is 13.1 Å². The molecule has 0 radical (unpaired) electrons. The fourth-order valence-electron chi connectivity index (χ4n) is 1.02. The maximum Gasteiger partial charge on any atom is 0.330 e. The van der Waals surface area contributed by atoms with Gasteiger partial charge in [0.1, 0.15) is 0 Å². The van der Waals surface area contributed by atoms with Crippen molar-refractivity contribution in [3.8, 4) is 0 Å². The molecule has 0 unspecified atom stereocenters. The van der Waals surface area contributed by atoms with Gasteiger partial charge in [-0.2, -0.15) is 0 Å². The SMILES string of the molecule is COC(=O)/C=C/c1ccc(C)c(F)c1F. The van der Waals surface area contributed by atoms with E-state index < -0.39 is 17.6 Å². The maximum absolute atomic E-state index is 13.2. The molecule has 0 aliphatic rings. The Morgan fingerprint density at radius 3 is 2.60 bits per heavy atom. The standard InChI is InChI=1S/C11H10F2O2/c1-7-3-4-8(11(13)10(7)12)5-6-9(14)15-2/h3-6H,1-2H3/b6-5+. The molecule has 0 aromatic heterocycles. The van der Waals surface area contributed by atoms with Gasteiger partial charge in [0.2, 0.25) is 0 Å². The van der Waals surface area contributed by atoms with E-state index in [2.05, 4.69) is 4.74 Å². The second-order valence-electron chi connectivity index (χ2n) is 2.96. The lowest BCUT2D eigenvalue weighted by atomic mass is 10.1. The highest BCUT2D eigenvalue weighted by Crippen LogP contribution is 2.16. The molecule has 0 amide bonds. The third-order valence-corrected chi connectivity index (χ3v) is 1.91. The number of ether oxygens (including phenoxy) is 1. The summed E-state index contributed by atoms with van der Waals surface area (Å²) < 4.78 is 30.6. The zero-order valence-corrected chi connectivity index (χ0v) is 8.38. The van der Waals surface area contributed by atoms with Crippen molar-refractivity contribution in [2.24, 2.45) is 0 Å². The third kappa shape index (κ3) is 2.62. The lowest BCUT2D eigenvalue weighted by Gasteiger charge is -2.01. The Morgan fingerprint density at radius 1 is 1.33 bits per heavy atom. The quantitative estimate of drug-likeness (QED) is 0.556. The molecule has 0 aliphatic carbocycles. The van der Waals surface area contributed by atoms with Gasteiger partial charge in [-0.1, -0.05) is 12.1 Å². The molecule has 1 rings (SSSR count). The van der Waals surface area contributed by atoms with Crippen LogP contribution in [0.25, 0.3) is 6.08 Å². The average Bonchev–Trinajstić information content (AvgIpc) is 2.24. The van der Waals surface area contributed by atoms with E-state index in [-0.39, 0.29) is 11.1 Å². The summed E-state index contributed by atoms with van der Waals surface area (Å²) in [5.74, 6) is -2.48. The van der Waals surface area contributed by atoms with Crippen molar-refractivity contribution in [2.45, 2.75) is 6.92 Å². The summed E-state index contributed by atoms with van der Waals surface area (Å²) in [6.45, 7) is 1.46. The predicted molar refractivity (Wildman–Crippen MR) is 52.1 cm³/mol. The lowest BCUT2D eigenvalue weighted by Crippen LogP contribution is -1.95. The molecule has 0 aliphatic heterocycles. The first kappa shape index (κ1) is 11.4. The van der Waals surface area contributed by atoms with E-state index in [1.54, 1.807) is 0 Å². The number of methoxy groups -OCH3 is 1. The molecule has 1 aromatic rings. The number of carbonyl (C=O) groups excluding carboxylic acids is 1. The number of hydrogen-bond acceptors (Lipinski definition) is 2. The summed E-state index contributed by atoms with van der Waals surface area (Å²) in [5, 5.41) is 0. The minimum Gasteiger partial charge on any atom is -0.466 e. The third-order valence-electron chi connectivity index (χ3n) is 1.91. The van der Waals surface area contributed by atoms with E-state index >= 15 is 0 Å². The zero-order chi connectivity index (χ0) is 11.4. The minimum absolute atomic E-state index is 0.0171. The molecular formula is C11H10F2O2. The van der Waals surface area contributed by atoms with Crippen LogP contribution in [0.1, 0.15) is 11.1 Å². The normalized spacial score (nSPS) is 10.7. The molecule has 0 saturated carbocycles. The molecule has 80 valence electrons. The maximum atomic E-state index is 13.2. The van der Waals surface area contributed by atoms with E-state index in [1.807, 2.05) is 0 Å². The molecular weight excluding hydrogens is 202 g/mol. The molecule has 1 aromatic carbocycles. The number of aryl methyl sites for hydroxylation is 1. The molecule has 0 fully saturated rings. The van der Waals surface area contributed by atoms with Crippen molar-refractivity contribution >= 4 is 12.0 Å². The van der Waals surface area contributed by atoms with Crippen LogP contribution in [0.2, 0.25) is 0 Å². The molecule has 0 bridgehead atoms. The minimum atomic E-state index is -0.963. The summed E-state index contributed by atoms with van der Waals surface area (Å²) in [7, 11) is 1.21. The van der Waals surface area contributed by atoms with Gasteiger partial charge in [0.25, 0.3) is 0 Å². The van der Waals surface area contributed by atoms with Gasteiger partial charge in [-0.3, -0.25) is 0 Å². The number of benzene rings is 1. The van der Waals surface area contributed by atoms with Crippen molar-refractivity contribution in [2.75, 3.05) is 7.11 Å². The second-order valence-corrected chi connectivity index (χ2v) is 2.96. The summed E-state index contributed by atoms with van der Waals surface area (Å²) >= 11 is 0. The second kappa shape index (κ2) is 4.68. The number of esters is 1. The molecule has 2 nitrogen and oxygen atoms in total. The Labute approximate surface area is 86.2 Å². The predicted octanol–water partition coefficient (Wildman–Crippen LogP) is 2.46. The Kier molecular flexibility index (Phi) is 3.55. The molecule has 0 spiro atoms. The summed E-state index contributed by atoms with van der Waals surface area (Å²) in [6, 6.07) is 2.84. The van der Waals surface area contributed by atoms with Crippen LogP contribution in [0.3, 0.4) is 0 Å². The van der Waals surface area contributed by atoms with Gasteiger partial charge in [0.05, 0.1) is 7.11 Å². The van der Waals surface area contributed by atoms with Crippen molar-refractivity contribution in [1.82, 2.24) is 0 Å². The summed E-state index contributed by atoms with van der Waals surface area (Å²) in [6.07, 6.45) is 2.21. The molecule has 0 saturated heterocycles. The Hall–Kier alpha value is -1.71. The van der Waals surface area contributed by atoms with Gasteiger partial charge in [-0.25, -0.2) is 13.6 Å². The Bertz CT molecular complexity index is 411. The molecule has 0 atom stereocenters. The Morgan fingerprint density at radius 2 is 2.00 bits per heavy atom. The van der Waals surface area contributed by atoms with Crippen LogP contribution in [-0.2, 0) is 9.53 Å². The first-order chi connectivity index (χ1) is 7.06. The van der Waals surface area contributed by atoms with Crippen LogP contribution in [0, 0.1) is 18.6 Å². The van der Waals surface area contributed by atoms with Crippen LogP contribution in [0.4, 0.5) is 8.78 Å². The van der Waals surface area contributed by atoms with Crippen LogP contribution in [0.5, 0.6) is 0 Å². The highest BCUT2D eigenvalue weighted by Gasteiger charge is 2.08. The van der Waals surface area contributed by atoms with Gasteiger partial charge in [-0.05, 0) is 18.6 Å². The molecule has 4 heteroatoms. The van der Waals surface area contributed by atoms with Gasteiger partial charge in [0, 0.05) is 11.6 Å². The lowest BCUT2D eigenvalue weighted by molar-refractivity contribution is -0.134. The molecule has 15 heavy (non-hydrogen) atoms. The highest BCUT2D eigenvalue weighted by molar-refractivity contribution is 5.86. The van der Waals surface area contributed by atoms with Crippen LogP contribution in [0.15, 0.2) is 18.2 Å². The van der Waals surface area contributed by atoms with Crippen molar-refractivity contribution in [3.05, 3.63) is 41.0 Å². The van der Waals surface area contributed by atoms with Crippen molar-refractivity contribution < 1.29 is 18.3 Å². The van der Waals surface area contributed by atoms with Crippen molar-refractivity contribution in [3.63, 3.8) is 0 Å². The van der Waals surface area contributed by atoms with Gasteiger partial charge in [-0.15, -0.1) is 0 Å². The summed E-state index contributed by atoms with van der Waals surface area (Å²) in [4.78, 5) is 10.7. The Balaban J connectivity index is 3.02. The molecule has 0 N–H and O–H groups in total. The highest BCUT2D eigenvalue weighted by atomic mass is 19.2. The number of carbonyl (C=O) groups is 1. The summed E-state index contributed by atoms with van der Waals surface area (Å²) in [5.41, 5.74) is 0.242. The van der Waals surface area contributed by atoms with E-state index in [0.29, 0.717) is 0 Å².